The van der Waals surface area contributed by atoms with Gasteiger partial charge >= 0.3 is 6.18 Å². The SMILES string of the molecule is NCCCCS(=O)(=O)NCc1ccc(C(F)(F)F)cc1. The fourth-order valence-electron chi connectivity index (χ4n) is 1.51. The molecule has 114 valence electrons. The van der Waals surface area contributed by atoms with Gasteiger partial charge in [0.05, 0.1) is 11.3 Å². The Balaban J connectivity index is 2.53. The lowest BCUT2D eigenvalue weighted by molar-refractivity contribution is -0.137. The number of hydrogen-bond donors (Lipinski definition) is 2. The number of hydrogen-bond acceptors (Lipinski definition) is 3. The van der Waals surface area contributed by atoms with Crippen molar-refractivity contribution in [2.45, 2.75) is 25.6 Å². The van der Waals surface area contributed by atoms with Crippen molar-refractivity contribution in [2.24, 2.45) is 5.73 Å². The molecule has 3 N–H and O–H groups in total. The van der Waals surface area contributed by atoms with Crippen LogP contribution in [-0.4, -0.2) is 20.7 Å². The van der Waals surface area contributed by atoms with E-state index in [1.54, 1.807) is 0 Å². The van der Waals surface area contributed by atoms with Crippen molar-refractivity contribution in [3.8, 4) is 0 Å². The molecule has 0 aliphatic carbocycles. The Bertz CT molecular complexity index is 512. The molecule has 0 atom stereocenters. The van der Waals surface area contributed by atoms with Crippen LogP contribution in [0.1, 0.15) is 24.0 Å². The first-order chi connectivity index (χ1) is 9.24. The smallest absolute Gasteiger partial charge is 0.330 e. The summed E-state index contributed by atoms with van der Waals surface area (Å²) in [5.74, 6) is -0.0369. The van der Waals surface area contributed by atoms with Crippen molar-refractivity contribution in [1.29, 1.82) is 0 Å². The number of alkyl halides is 3. The van der Waals surface area contributed by atoms with Gasteiger partial charge in [0, 0.05) is 6.54 Å². The number of sulfonamides is 1. The van der Waals surface area contributed by atoms with Crippen LogP contribution in [0.2, 0.25) is 0 Å². The van der Waals surface area contributed by atoms with Crippen LogP contribution in [0, 0.1) is 0 Å². The van der Waals surface area contributed by atoms with Crippen LogP contribution in [0.3, 0.4) is 0 Å². The first kappa shape index (κ1) is 16.9. The molecular formula is C12H17F3N2O2S. The van der Waals surface area contributed by atoms with Crippen LogP contribution in [0.4, 0.5) is 13.2 Å². The van der Waals surface area contributed by atoms with Gasteiger partial charge in [-0.15, -0.1) is 0 Å². The van der Waals surface area contributed by atoms with Gasteiger partial charge in [0.25, 0.3) is 0 Å². The number of rotatable bonds is 7. The molecule has 0 radical (unpaired) electrons. The highest BCUT2D eigenvalue weighted by Gasteiger charge is 2.29. The molecule has 0 saturated carbocycles. The van der Waals surface area contributed by atoms with Crippen molar-refractivity contribution in [3.05, 3.63) is 35.4 Å². The fraction of sp³-hybridized carbons (Fsp3) is 0.500. The topological polar surface area (TPSA) is 72.2 Å². The lowest BCUT2D eigenvalue weighted by atomic mass is 10.1. The highest BCUT2D eigenvalue weighted by atomic mass is 32.2. The maximum absolute atomic E-state index is 12.3. The largest absolute Gasteiger partial charge is 0.416 e. The average Bonchev–Trinajstić information content (AvgIpc) is 2.36. The van der Waals surface area contributed by atoms with E-state index in [2.05, 4.69) is 4.72 Å². The van der Waals surface area contributed by atoms with E-state index in [0.717, 1.165) is 12.1 Å². The number of nitrogens with one attached hydrogen (secondary N) is 1. The molecule has 0 amide bonds. The van der Waals surface area contributed by atoms with Gasteiger partial charge in [-0.3, -0.25) is 0 Å². The second-order valence-electron chi connectivity index (χ2n) is 4.33. The third kappa shape index (κ3) is 5.89. The fourth-order valence-corrected chi connectivity index (χ4v) is 2.63. The van der Waals surface area contributed by atoms with Crippen LogP contribution in [-0.2, 0) is 22.7 Å². The molecule has 0 spiro atoms. The average molecular weight is 310 g/mol. The predicted octanol–water partition coefficient (Wildman–Crippen LogP) is 1.86. The van der Waals surface area contributed by atoms with Crippen LogP contribution < -0.4 is 10.5 Å². The van der Waals surface area contributed by atoms with Crippen LogP contribution in [0.25, 0.3) is 0 Å². The summed E-state index contributed by atoms with van der Waals surface area (Å²) in [5, 5.41) is 0. The van der Waals surface area contributed by atoms with Crippen molar-refractivity contribution in [1.82, 2.24) is 4.72 Å². The van der Waals surface area contributed by atoms with Gasteiger partial charge in [-0.1, -0.05) is 12.1 Å². The molecule has 0 unspecified atom stereocenters. The molecule has 1 rings (SSSR count). The molecule has 0 bridgehead atoms. The Kier molecular flexibility index (Phi) is 5.97. The zero-order chi connectivity index (χ0) is 15.2. The molecular weight excluding hydrogens is 293 g/mol. The van der Waals surface area contributed by atoms with E-state index in [9.17, 15) is 21.6 Å². The van der Waals surface area contributed by atoms with E-state index < -0.39 is 21.8 Å². The van der Waals surface area contributed by atoms with Gasteiger partial charge < -0.3 is 5.73 Å². The van der Waals surface area contributed by atoms with E-state index in [4.69, 9.17) is 5.73 Å². The van der Waals surface area contributed by atoms with Crippen molar-refractivity contribution in [2.75, 3.05) is 12.3 Å². The predicted molar refractivity (Wildman–Crippen MR) is 70.4 cm³/mol. The van der Waals surface area contributed by atoms with Crippen molar-refractivity contribution in [3.63, 3.8) is 0 Å². The summed E-state index contributed by atoms with van der Waals surface area (Å²) in [6.45, 7) is 0.400. The first-order valence-electron chi connectivity index (χ1n) is 6.08. The summed E-state index contributed by atoms with van der Waals surface area (Å²) in [6.07, 6.45) is -3.32. The molecule has 0 fully saturated rings. The Hall–Kier alpha value is -1.12. The van der Waals surface area contributed by atoms with Crippen molar-refractivity contribution < 1.29 is 21.6 Å². The molecule has 0 aliphatic rings. The molecule has 20 heavy (non-hydrogen) atoms. The van der Waals surface area contributed by atoms with Gasteiger partial charge in [-0.2, -0.15) is 13.2 Å². The normalized spacial score (nSPS) is 12.6. The van der Waals surface area contributed by atoms with Gasteiger partial charge in [0.15, 0.2) is 0 Å². The molecule has 4 nitrogen and oxygen atoms in total. The molecule has 1 aromatic rings. The molecule has 1 aromatic carbocycles. The Morgan fingerprint density at radius 2 is 1.70 bits per heavy atom. The number of nitrogens with two attached hydrogens (primary N) is 1. The van der Waals surface area contributed by atoms with Crippen LogP contribution in [0.5, 0.6) is 0 Å². The van der Waals surface area contributed by atoms with E-state index in [1.165, 1.54) is 12.1 Å². The second-order valence-corrected chi connectivity index (χ2v) is 6.26. The van der Waals surface area contributed by atoms with Gasteiger partial charge in [-0.25, -0.2) is 13.1 Å². The third-order valence-corrected chi connectivity index (χ3v) is 4.05. The third-order valence-electron chi connectivity index (χ3n) is 2.64. The minimum Gasteiger partial charge on any atom is -0.330 e. The summed E-state index contributed by atoms with van der Waals surface area (Å²) in [4.78, 5) is 0. The number of halogens is 3. The summed E-state index contributed by atoms with van der Waals surface area (Å²) in [6, 6.07) is 4.37. The van der Waals surface area contributed by atoms with Gasteiger partial charge in [-0.05, 0) is 37.1 Å². The monoisotopic (exact) mass is 310 g/mol. The first-order valence-corrected chi connectivity index (χ1v) is 7.73. The number of benzene rings is 1. The number of unbranched alkanes of at least 4 members (excludes halogenated alkanes) is 1. The second kappa shape index (κ2) is 7.05. The zero-order valence-corrected chi connectivity index (χ0v) is 11.6. The van der Waals surface area contributed by atoms with E-state index in [-0.39, 0.29) is 12.3 Å². The minimum absolute atomic E-state index is 0.0247. The summed E-state index contributed by atoms with van der Waals surface area (Å²) < 4.78 is 62.5. The summed E-state index contributed by atoms with van der Waals surface area (Å²) in [7, 11) is -3.42. The maximum Gasteiger partial charge on any atom is 0.416 e. The lowest BCUT2D eigenvalue weighted by Crippen LogP contribution is -2.26. The molecule has 8 heteroatoms. The maximum atomic E-state index is 12.3. The Morgan fingerprint density at radius 3 is 2.20 bits per heavy atom. The zero-order valence-electron chi connectivity index (χ0n) is 10.8. The quantitative estimate of drug-likeness (QED) is 0.755. The minimum atomic E-state index is -4.39. The summed E-state index contributed by atoms with van der Waals surface area (Å²) >= 11 is 0. The molecule has 0 aliphatic heterocycles. The van der Waals surface area contributed by atoms with Crippen molar-refractivity contribution >= 4 is 10.0 Å². The Labute approximate surface area is 116 Å². The van der Waals surface area contributed by atoms with Crippen LogP contribution >= 0.6 is 0 Å². The summed E-state index contributed by atoms with van der Waals surface area (Å²) in [5.41, 5.74) is 4.98. The lowest BCUT2D eigenvalue weighted by Gasteiger charge is -2.09. The molecule has 0 heterocycles. The molecule has 0 aromatic heterocycles. The standard InChI is InChI=1S/C12H17F3N2O2S/c13-12(14,15)11-5-3-10(4-6-11)9-17-20(18,19)8-2-1-7-16/h3-6,17H,1-2,7-9,16H2. The Morgan fingerprint density at radius 1 is 1.10 bits per heavy atom. The van der Waals surface area contributed by atoms with Gasteiger partial charge in [0.2, 0.25) is 10.0 Å². The van der Waals surface area contributed by atoms with E-state index >= 15 is 0 Å². The highest BCUT2D eigenvalue weighted by Crippen LogP contribution is 2.29. The highest BCUT2D eigenvalue weighted by molar-refractivity contribution is 7.89. The van der Waals surface area contributed by atoms with E-state index in [1.807, 2.05) is 0 Å². The molecule has 0 saturated heterocycles. The van der Waals surface area contributed by atoms with Crippen LogP contribution in [0.15, 0.2) is 24.3 Å². The van der Waals surface area contributed by atoms with Gasteiger partial charge in [0.1, 0.15) is 0 Å². The van der Waals surface area contributed by atoms with E-state index in [0.29, 0.717) is 24.9 Å².